The monoisotopic (exact) mass is 410 g/mol. The molecule has 0 aliphatic heterocycles. The lowest BCUT2D eigenvalue weighted by molar-refractivity contribution is -0.0268. The summed E-state index contributed by atoms with van der Waals surface area (Å²) >= 11 is 0. The maximum absolute atomic E-state index is 13.0. The van der Waals surface area contributed by atoms with E-state index in [2.05, 4.69) is 0 Å². The van der Waals surface area contributed by atoms with Crippen LogP contribution in [-0.4, -0.2) is 24.9 Å². The SMILES string of the molecule is Cc1ccc(S(=O)(=O)OC(c2ccccc2)C(C)(O)C(=O)c2ccccc2)cc1. The minimum absolute atomic E-state index is 0.0491. The summed E-state index contributed by atoms with van der Waals surface area (Å²) in [6.07, 6.45) is -1.43. The first-order chi connectivity index (χ1) is 13.7. The third-order valence-electron chi connectivity index (χ3n) is 4.64. The summed E-state index contributed by atoms with van der Waals surface area (Å²) in [6, 6.07) is 22.7. The second kappa shape index (κ2) is 8.29. The van der Waals surface area contributed by atoms with Gasteiger partial charge in [0.1, 0.15) is 6.10 Å². The number of hydrogen-bond acceptors (Lipinski definition) is 5. The van der Waals surface area contributed by atoms with Crippen molar-refractivity contribution in [3.8, 4) is 0 Å². The molecule has 2 atom stereocenters. The first-order valence-electron chi connectivity index (χ1n) is 9.09. The van der Waals surface area contributed by atoms with Gasteiger partial charge in [0.25, 0.3) is 10.1 Å². The van der Waals surface area contributed by atoms with Gasteiger partial charge in [-0.25, -0.2) is 0 Å². The van der Waals surface area contributed by atoms with Crippen molar-refractivity contribution in [3.63, 3.8) is 0 Å². The van der Waals surface area contributed by atoms with Crippen LogP contribution in [0.5, 0.6) is 0 Å². The van der Waals surface area contributed by atoms with Gasteiger partial charge in [-0.1, -0.05) is 78.4 Å². The van der Waals surface area contributed by atoms with Crippen molar-refractivity contribution in [2.24, 2.45) is 0 Å². The molecule has 6 heteroatoms. The molecule has 0 bridgehead atoms. The van der Waals surface area contributed by atoms with Gasteiger partial charge in [0.15, 0.2) is 11.4 Å². The van der Waals surface area contributed by atoms with Gasteiger partial charge >= 0.3 is 0 Å². The number of rotatable bonds is 7. The maximum Gasteiger partial charge on any atom is 0.297 e. The largest absolute Gasteiger partial charge is 0.379 e. The van der Waals surface area contributed by atoms with Gasteiger partial charge in [0, 0.05) is 5.56 Å². The predicted molar refractivity (Wildman–Crippen MR) is 110 cm³/mol. The van der Waals surface area contributed by atoms with Gasteiger partial charge in [-0.2, -0.15) is 8.42 Å². The van der Waals surface area contributed by atoms with E-state index in [0.29, 0.717) is 5.56 Å². The van der Waals surface area contributed by atoms with E-state index < -0.39 is 27.6 Å². The van der Waals surface area contributed by atoms with Crippen molar-refractivity contribution >= 4 is 15.9 Å². The Balaban J connectivity index is 2.03. The van der Waals surface area contributed by atoms with E-state index in [1.807, 2.05) is 6.92 Å². The van der Waals surface area contributed by atoms with Crippen LogP contribution in [0.1, 0.15) is 34.5 Å². The fourth-order valence-corrected chi connectivity index (χ4v) is 4.12. The first-order valence-corrected chi connectivity index (χ1v) is 10.5. The molecular weight excluding hydrogens is 388 g/mol. The van der Waals surface area contributed by atoms with Crippen molar-refractivity contribution in [3.05, 3.63) is 102 Å². The molecular formula is C23H22O5S. The fraction of sp³-hybridized carbons (Fsp3) is 0.174. The van der Waals surface area contributed by atoms with Crippen LogP contribution in [0.25, 0.3) is 0 Å². The van der Waals surface area contributed by atoms with Crippen molar-refractivity contribution in [1.82, 2.24) is 0 Å². The van der Waals surface area contributed by atoms with Crippen LogP contribution in [0.4, 0.5) is 0 Å². The molecule has 3 aromatic carbocycles. The number of carbonyl (C=O) groups is 1. The third kappa shape index (κ3) is 4.62. The average Bonchev–Trinajstić information content (AvgIpc) is 2.73. The van der Waals surface area contributed by atoms with Crippen LogP contribution in [0.3, 0.4) is 0 Å². The van der Waals surface area contributed by atoms with Crippen LogP contribution >= 0.6 is 0 Å². The minimum Gasteiger partial charge on any atom is -0.379 e. The van der Waals surface area contributed by atoms with Gasteiger partial charge in [-0.3, -0.25) is 8.98 Å². The Morgan fingerprint density at radius 2 is 1.41 bits per heavy atom. The summed E-state index contributed by atoms with van der Waals surface area (Å²) in [5.41, 5.74) is -0.595. The zero-order valence-electron chi connectivity index (χ0n) is 16.1. The average molecular weight is 410 g/mol. The molecule has 0 aliphatic carbocycles. The van der Waals surface area contributed by atoms with Crippen LogP contribution in [0, 0.1) is 6.92 Å². The highest BCUT2D eigenvalue weighted by Gasteiger charge is 2.44. The Morgan fingerprint density at radius 1 is 0.897 bits per heavy atom. The Morgan fingerprint density at radius 3 is 1.97 bits per heavy atom. The number of carbonyl (C=O) groups excluding carboxylic acids is 1. The summed E-state index contributed by atoms with van der Waals surface area (Å²) in [7, 11) is -4.24. The second-order valence-electron chi connectivity index (χ2n) is 7.00. The predicted octanol–water partition coefficient (Wildman–Crippen LogP) is 4.08. The Hall–Kier alpha value is -2.80. The molecule has 29 heavy (non-hydrogen) atoms. The number of aryl methyl sites for hydroxylation is 1. The van der Waals surface area contributed by atoms with Crippen molar-refractivity contribution in [1.29, 1.82) is 0 Å². The second-order valence-corrected chi connectivity index (χ2v) is 8.57. The number of benzene rings is 3. The molecule has 0 aliphatic rings. The molecule has 0 saturated heterocycles. The summed E-state index contributed by atoms with van der Waals surface area (Å²) in [5, 5.41) is 11.2. The highest BCUT2D eigenvalue weighted by Crippen LogP contribution is 2.35. The lowest BCUT2D eigenvalue weighted by Crippen LogP contribution is -2.43. The topological polar surface area (TPSA) is 80.7 Å². The Bertz CT molecular complexity index is 1070. The lowest BCUT2D eigenvalue weighted by atomic mass is 9.86. The maximum atomic E-state index is 13.0. The molecule has 1 N–H and O–H groups in total. The molecule has 3 aromatic rings. The molecule has 2 unspecified atom stereocenters. The van der Waals surface area contributed by atoms with E-state index in [1.54, 1.807) is 72.8 Å². The zero-order valence-corrected chi connectivity index (χ0v) is 17.0. The third-order valence-corrected chi connectivity index (χ3v) is 5.94. The normalized spacial score (nSPS) is 14.7. The number of aliphatic hydroxyl groups is 1. The van der Waals surface area contributed by atoms with E-state index >= 15 is 0 Å². The standard InChI is InChI=1S/C23H22O5S/c1-17-13-15-20(16-14-17)29(26,27)28-22(19-11-7-4-8-12-19)23(2,25)21(24)18-9-5-3-6-10-18/h3-16,22,25H,1-2H3. The summed E-state index contributed by atoms with van der Waals surface area (Å²) in [6.45, 7) is 3.11. The van der Waals surface area contributed by atoms with E-state index in [4.69, 9.17) is 4.18 Å². The molecule has 0 fully saturated rings. The van der Waals surface area contributed by atoms with Gasteiger partial charge < -0.3 is 5.11 Å². The summed E-state index contributed by atoms with van der Waals surface area (Å²) in [4.78, 5) is 13.0. The highest BCUT2D eigenvalue weighted by atomic mass is 32.2. The smallest absolute Gasteiger partial charge is 0.297 e. The van der Waals surface area contributed by atoms with E-state index in [1.165, 1.54) is 19.1 Å². The molecule has 0 amide bonds. The van der Waals surface area contributed by atoms with Crippen molar-refractivity contribution in [2.75, 3.05) is 0 Å². The van der Waals surface area contributed by atoms with Crippen LogP contribution in [-0.2, 0) is 14.3 Å². The van der Waals surface area contributed by atoms with Gasteiger partial charge in [0.05, 0.1) is 4.90 Å². The molecule has 5 nitrogen and oxygen atoms in total. The van der Waals surface area contributed by atoms with Gasteiger partial charge in [-0.15, -0.1) is 0 Å². The Kier molecular flexibility index (Phi) is 5.98. The molecule has 0 saturated carbocycles. The summed E-state index contributed by atoms with van der Waals surface area (Å²) in [5.74, 6) is -0.633. The Labute approximate surface area is 170 Å². The number of ketones is 1. The van der Waals surface area contributed by atoms with Crippen LogP contribution in [0.15, 0.2) is 89.8 Å². The molecule has 0 aromatic heterocycles. The molecule has 3 rings (SSSR count). The van der Waals surface area contributed by atoms with Crippen LogP contribution < -0.4 is 0 Å². The van der Waals surface area contributed by atoms with E-state index in [9.17, 15) is 18.3 Å². The highest BCUT2D eigenvalue weighted by molar-refractivity contribution is 7.86. The van der Waals surface area contributed by atoms with Crippen molar-refractivity contribution in [2.45, 2.75) is 30.4 Å². The van der Waals surface area contributed by atoms with E-state index in [0.717, 1.165) is 5.56 Å². The van der Waals surface area contributed by atoms with Gasteiger partial charge in [-0.05, 0) is 31.5 Å². The van der Waals surface area contributed by atoms with Crippen molar-refractivity contribution < 1.29 is 22.5 Å². The number of Topliss-reactive ketones (excluding diaryl/α,β-unsaturated/α-hetero) is 1. The lowest BCUT2D eigenvalue weighted by Gasteiger charge is -2.31. The van der Waals surface area contributed by atoms with Crippen LogP contribution in [0.2, 0.25) is 0 Å². The zero-order chi connectivity index (χ0) is 21.1. The molecule has 0 spiro atoms. The molecule has 0 radical (unpaired) electrons. The van der Waals surface area contributed by atoms with E-state index in [-0.39, 0.29) is 10.5 Å². The molecule has 0 heterocycles. The quantitative estimate of drug-likeness (QED) is 0.469. The minimum atomic E-state index is -4.24. The molecule has 150 valence electrons. The van der Waals surface area contributed by atoms with Gasteiger partial charge in [0.2, 0.25) is 0 Å². The summed E-state index contributed by atoms with van der Waals surface area (Å²) < 4.78 is 31.2. The fourth-order valence-electron chi connectivity index (χ4n) is 2.99. The number of hydrogen-bond donors (Lipinski definition) is 1. The first kappa shape index (κ1) is 20.9.